The van der Waals surface area contributed by atoms with E-state index >= 15 is 0 Å². The molecule has 0 saturated carbocycles. The predicted molar refractivity (Wildman–Crippen MR) is 64.8 cm³/mol. The van der Waals surface area contributed by atoms with Crippen LogP contribution in [0.25, 0.3) is 0 Å². The Morgan fingerprint density at radius 1 is 1.12 bits per heavy atom. The molecule has 5 heteroatoms. The summed E-state index contributed by atoms with van der Waals surface area (Å²) in [5.41, 5.74) is 1.01. The second-order valence-corrected chi connectivity index (χ2v) is 3.80. The number of rotatable bonds is 3. The summed E-state index contributed by atoms with van der Waals surface area (Å²) in [5, 5.41) is 7.84. The van der Waals surface area contributed by atoms with Crippen LogP contribution >= 0.6 is 11.6 Å². The first-order valence-electron chi connectivity index (χ1n) is 5.01. The van der Waals surface area contributed by atoms with Crippen LogP contribution in [0.15, 0.2) is 30.3 Å². The molecule has 1 heterocycles. The molecule has 0 N–H and O–H groups in total. The number of aryl methyl sites for hydroxylation is 1. The van der Waals surface area contributed by atoms with Crippen LogP contribution in [0, 0.1) is 6.92 Å². The lowest BCUT2D eigenvalue weighted by Gasteiger charge is -2.09. The second-order valence-electron chi connectivity index (χ2n) is 3.41. The molecule has 0 saturated heterocycles. The summed E-state index contributed by atoms with van der Waals surface area (Å²) in [6, 6.07) is 9.18. The van der Waals surface area contributed by atoms with E-state index in [0.717, 1.165) is 5.56 Å². The van der Waals surface area contributed by atoms with Crippen molar-refractivity contribution in [3.05, 3.63) is 41.0 Å². The number of hydrogen-bond acceptors (Lipinski definition) is 4. The van der Waals surface area contributed by atoms with Gasteiger partial charge in [-0.25, -0.2) is 0 Å². The minimum absolute atomic E-state index is 0.263. The summed E-state index contributed by atoms with van der Waals surface area (Å²) in [5.74, 6) is 1.46. The topological polar surface area (TPSA) is 44.2 Å². The van der Waals surface area contributed by atoms with Crippen LogP contribution in [-0.2, 0) is 0 Å². The van der Waals surface area contributed by atoms with E-state index < -0.39 is 0 Å². The van der Waals surface area contributed by atoms with Crippen molar-refractivity contribution >= 4 is 11.6 Å². The summed E-state index contributed by atoms with van der Waals surface area (Å²) in [4.78, 5) is 0. The molecule has 0 aliphatic rings. The summed E-state index contributed by atoms with van der Waals surface area (Å²) < 4.78 is 10.8. The van der Waals surface area contributed by atoms with Gasteiger partial charge in [0.25, 0.3) is 5.88 Å². The van der Waals surface area contributed by atoms with E-state index in [1.807, 2.05) is 31.2 Å². The lowest BCUT2D eigenvalue weighted by atomic mass is 10.2. The Morgan fingerprint density at radius 2 is 1.88 bits per heavy atom. The van der Waals surface area contributed by atoms with E-state index in [1.54, 1.807) is 6.07 Å². The number of ether oxygens (including phenoxy) is 2. The SMILES string of the molecule is COc1cc(Cl)nnc1Oc1ccccc1C. The van der Waals surface area contributed by atoms with Gasteiger partial charge < -0.3 is 9.47 Å². The van der Waals surface area contributed by atoms with Crippen LogP contribution in [0.5, 0.6) is 17.4 Å². The fourth-order valence-electron chi connectivity index (χ4n) is 1.33. The summed E-state index contributed by atoms with van der Waals surface area (Å²) in [7, 11) is 1.53. The summed E-state index contributed by atoms with van der Waals surface area (Å²) in [6.45, 7) is 1.95. The average molecular weight is 251 g/mol. The molecule has 0 fully saturated rings. The fourth-order valence-corrected chi connectivity index (χ4v) is 1.47. The Morgan fingerprint density at radius 3 is 2.59 bits per heavy atom. The first-order valence-corrected chi connectivity index (χ1v) is 5.39. The average Bonchev–Trinajstić information content (AvgIpc) is 2.34. The van der Waals surface area contributed by atoms with Crippen molar-refractivity contribution in [2.45, 2.75) is 6.92 Å². The van der Waals surface area contributed by atoms with Gasteiger partial charge >= 0.3 is 0 Å². The van der Waals surface area contributed by atoms with E-state index in [1.165, 1.54) is 7.11 Å². The molecular formula is C12H11ClN2O2. The highest BCUT2D eigenvalue weighted by Gasteiger charge is 2.10. The molecule has 0 aliphatic carbocycles. The maximum absolute atomic E-state index is 5.72. The zero-order valence-electron chi connectivity index (χ0n) is 9.48. The molecule has 0 atom stereocenters. The molecule has 2 aromatic rings. The maximum atomic E-state index is 5.72. The maximum Gasteiger partial charge on any atom is 0.281 e. The van der Waals surface area contributed by atoms with Gasteiger partial charge in [0.1, 0.15) is 5.75 Å². The Bertz CT molecular complexity index is 532. The van der Waals surface area contributed by atoms with Crippen molar-refractivity contribution in [2.75, 3.05) is 7.11 Å². The van der Waals surface area contributed by atoms with Crippen molar-refractivity contribution in [2.24, 2.45) is 0 Å². The molecule has 0 aliphatic heterocycles. The van der Waals surface area contributed by atoms with Gasteiger partial charge in [0.05, 0.1) is 7.11 Å². The van der Waals surface area contributed by atoms with E-state index in [4.69, 9.17) is 21.1 Å². The number of para-hydroxylation sites is 1. The Kier molecular flexibility index (Phi) is 3.44. The lowest BCUT2D eigenvalue weighted by Crippen LogP contribution is -1.96. The van der Waals surface area contributed by atoms with E-state index in [-0.39, 0.29) is 5.15 Å². The summed E-state index contributed by atoms with van der Waals surface area (Å²) in [6.07, 6.45) is 0. The third-order valence-electron chi connectivity index (χ3n) is 2.22. The zero-order valence-corrected chi connectivity index (χ0v) is 10.2. The molecule has 17 heavy (non-hydrogen) atoms. The van der Waals surface area contributed by atoms with Crippen molar-refractivity contribution in [1.82, 2.24) is 10.2 Å². The van der Waals surface area contributed by atoms with Gasteiger partial charge in [-0.15, -0.1) is 10.2 Å². The van der Waals surface area contributed by atoms with E-state index in [9.17, 15) is 0 Å². The van der Waals surface area contributed by atoms with Crippen molar-refractivity contribution in [3.8, 4) is 17.4 Å². The first-order chi connectivity index (χ1) is 8.20. The molecule has 0 bridgehead atoms. The number of methoxy groups -OCH3 is 1. The molecular weight excluding hydrogens is 240 g/mol. The quantitative estimate of drug-likeness (QED) is 0.839. The third kappa shape index (κ3) is 2.65. The Labute approximate surface area is 104 Å². The Hall–Kier alpha value is -1.81. The standard InChI is InChI=1S/C12H11ClN2O2/c1-8-5-3-4-6-9(8)17-12-10(16-2)7-11(13)14-15-12/h3-7H,1-2H3. The minimum atomic E-state index is 0.263. The number of benzene rings is 1. The smallest absolute Gasteiger partial charge is 0.281 e. The first kappa shape index (κ1) is 11.7. The number of aromatic nitrogens is 2. The largest absolute Gasteiger partial charge is 0.491 e. The fraction of sp³-hybridized carbons (Fsp3) is 0.167. The molecule has 1 aromatic heterocycles. The number of hydrogen-bond donors (Lipinski definition) is 0. The zero-order chi connectivity index (χ0) is 12.3. The Balaban J connectivity index is 2.33. The predicted octanol–water partition coefficient (Wildman–Crippen LogP) is 3.24. The molecule has 2 rings (SSSR count). The van der Waals surface area contributed by atoms with Gasteiger partial charge in [-0.05, 0) is 18.6 Å². The van der Waals surface area contributed by atoms with Gasteiger partial charge in [0.2, 0.25) is 0 Å². The molecule has 1 aromatic carbocycles. The van der Waals surface area contributed by atoms with Crippen LogP contribution < -0.4 is 9.47 Å². The van der Waals surface area contributed by atoms with Gasteiger partial charge in [-0.2, -0.15) is 0 Å². The molecule has 0 spiro atoms. The van der Waals surface area contributed by atoms with Crippen molar-refractivity contribution < 1.29 is 9.47 Å². The van der Waals surface area contributed by atoms with E-state index in [0.29, 0.717) is 17.4 Å². The highest BCUT2D eigenvalue weighted by molar-refractivity contribution is 6.29. The highest BCUT2D eigenvalue weighted by Crippen LogP contribution is 2.31. The van der Waals surface area contributed by atoms with Gasteiger partial charge in [0, 0.05) is 6.07 Å². The molecule has 0 unspecified atom stereocenters. The number of nitrogens with zero attached hydrogens (tertiary/aromatic N) is 2. The normalized spacial score (nSPS) is 10.1. The van der Waals surface area contributed by atoms with Crippen molar-refractivity contribution in [3.63, 3.8) is 0 Å². The molecule has 0 radical (unpaired) electrons. The monoisotopic (exact) mass is 250 g/mol. The van der Waals surface area contributed by atoms with E-state index in [2.05, 4.69) is 10.2 Å². The highest BCUT2D eigenvalue weighted by atomic mass is 35.5. The molecule has 0 amide bonds. The van der Waals surface area contributed by atoms with Gasteiger partial charge in [-0.3, -0.25) is 0 Å². The lowest BCUT2D eigenvalue weighted by molar-refractivity contribution is 0.364. The molecule has 4 nitrogen and oxygen atoms in total. The molecule has 88 valence electrons. The third-order valence-corrected chi connectivity index (χ3v) is 2.40. The van der Waals surface area contributed by atoms with Crippen LogP contribution in [0.3, 0.4) is 0 Å². The number of halogens is 1. The van der Waals surface area contributed by atoms with Crippen LogP contribution in [0.1, 0.15) is 5.56 Å². The van der Waals surface area contributed by atoms with Crippen LogP contribution in [0.4, 0.5) is 0 Å². The summed E-state index contributed by atoms with van der Waals surface area (Å²) >= 11 is 5.72. The van der Waals surface area contributed by atoms with Crippen LogP contribution in [-0.4, -0.2) is 17.3 Å². The minimum Gasteiger partial charge on any atom is -0.491 e. The second kappa shape index (κ2) is 5.01. The van der Waals surface area contributed by atoms with Gasteiger partial charge in [-0.1, -0.05) is 29.8 Å². The van der Waals surface area contributed by atoms with Crippen molar-refractivity contribution in [1.29, 1.82) is 0 Å². The van der Waals surface area contributed by atoms with Crippen LogP contribution in [0.2, 0.25) is 5.15 Å². The van der Waals surface area contributed by atoms with Gasteiger partial charge in [0.15, 0.2) is 10.9 Å².